The molecule has 1 fully saturated rings. The summed E-state index contributed by atoms with van der Waals surface area (Å²) in [6.45, 7) is 2.14. The van der Waals surface area contributed by atoms with Crippen LogP contribution in [0.2, 0.25) is 0 Å². The second-order valence-corrected chi connectivity index (χ2v) is 3.38. The zero-order chi connectivity index (χ0) is 7.40. The van der Waals surface area contributed by atoms with E-state index in [0.29, 0.717) is 0 Å². The van der Waals surface area contributed by atoms with Gasteiger partial charge in [-0.2, -0.15) is 0 Å². The van der Waals surface area contributed by atoms with E-state index >= 15 is 0 Å². The lowest BCUT2D eigenvalue weighted by Gasteiger charge is -2.25. The Bertz CT molecular complexity index is 118. The van der Waals surface area contributed by atoms with Crippen molar-refractivity contribution in [2.24, 2.45) is 0 Å². The van der Waals surface area contributed by atoms with Crippen molar-refractivity contribution < 1.29 is 13.3 Å². The monoisotopic (exact) mass is 160 g/mol. The molecule has 0 aliphatic carbocycles. The van der Waals surface area contributed by atoms with Crippen molar-refractivity contribution in [2.45, 2.75) is 38.9 Å². The molecule has 0 saturated carbocycles. The molecule has 3 nitrogen and oxygen atoms in total. The highest BCUT2D eigenvalue weighted by Gasteiger charge is 2.32. The third-order valence-electron chi connectivity index (χ3n) is 1.50. The van der Waals surface area contributed by atoms with Gasteiger partial charge in [0.2, 0.25) is 6.29 Å². The molecule has 0 aromatic heterocycles. The van der Waals surface area contributed by atoms with Crippen LogP contribution in [0.4, 0.5) is 0 Å². The average Bonchev–Trinajstić information content (AvgIpc) is 1.85. The molecule has 1 aliphatic rings. The van der Waals surface area contributed by atoms with E-state index in [4.69, 9.17) is 8.85 Å². The molecule has 0 radical (unpaired) electrons. The maximum atomic E-state index is 10.3. The molecule has 0 N–H and O–H groups in total. The van der Waals surface area contributed by atoms with Gasteiger partial charge >= 0.3 is 9.17 Å². The van der Waals surface area contributed by atoms with Gasteiger partial charge in [0.15, 0.2) is 0 Å². The van der Waals surface area contributed by atoms with Gasteiger partial charge in [-0.05, 0) is 6.42 Å². The van der Waals surface area contributed by atoms with E-state index in [-0.39, 0.29) is 6.29 Å². The van der Waals surface area contributed by atoms with Crippen molar-refractivity contribution >= 4 is 9.17 Å². The summed E-state index contributed by atoms with van der Waals surface area (Å²) in [6.07, 6.45) is 4.24. The quantitative estimate of drug-likeness (QED) is 0.460. The second kappa shape index (κ2) is 3.70. The summed E-state index contributed by atoms with van der Waals surface area (Å²) in [5.41, 5.74) is 0. The second-order valence-electron chi connectivity index (χ2n) is 2.41. The molecule has 1 saturated heterocycles. The van der Waals surface area contributed by atoms with Crippen LogP contribution in [0.25, 0.3) is 0 Å². The lowest BCUT2D eigenvalue weighted by Crippen LogP contribution is -2.38. The Morgan fingerprint density at radius 1 is 1.40 bits per heavy atom. The van der Waals surface area contributed by atoms with Gasteiger partial charge in [-0.15, -0.1) is 0 Å². The van der Waals surface area contributed by atoms with Gasteiger partial charge in [0, 0.05) is 6.42 Å². The van der Waals surface area contributed by atoms with Crippen molar-refractivity contribution in [1.82, 2.24) is 0 Å². The summed E-state index contributed by atoms with van der Waals surface area (Å²) in [5, 5.41) is 0. The van der Waals surface area contributed by atoms with Gasteiger partial charge in [0.1, 0.15) is 0 Å². The summed E-state index contributed by atoms with van der Waals surface area (Å²) >= 11 is 0. The summed E-state index contributed by atoms with van der Waals surface area (Å²) in [6, 6.07) is 0. The van der Waals surface area contributed by atoms with Crippen LogP contribution in [0.15, 0.2) is 0 Å². The molecular formula is C6H12O3Si. The number of rotatable bonds is 4. The van der Waals surface area contributed by atoms with Crippen molar-refractivity contribution in [3.05, 3.63) is 0 Å². The number of hydrogen-bond acceptors (Lipinski definition) is 3. The summed E-state index contributed by atoms with van der Waals surface area (Å²) in [7, 11) is -2.03. The van der Waals surface area contributed by atoms with E-state index < -0.39 is 9.17 Å². The minimum absolute atomic E-state index is 0.155. The first-order valence-electron chi connectivity index (χ1n) is 3.70. The van der Waals surface area contributed by atoms with Crippen LogP contribution < -0.4 is 0 Å². The molecule has 4 heteroatoms. The predicted octanol–water partition coefficient (Wildman–Crippen LogP) is 1.35. The van der Waals surface area contributed by atoms with Crippen LogP contribution in [-0.4, -0.2) is 15.5 Å². The van der Waals surface area contributed by atoms with E-state index in [1.54, 1.807) is 0 Å². The van der Waals surface area contributed by atoms with Crippen molar-refractivity contribution in [3.8, 4) is 0 Å². The van der Waals surface area contributed by atoms with E-state index in [0.717, 1.165) is 12.8 Å². The summed E-state index contributed by atoms with van der Waals surface area (Å²) in [5.74, 6) is 0. The first-order valence-corrected chi connectivity index (χ1v) is 4.92. The molecule has 1 heterocycles. The lowest BCUT2D eigenvalue weighted by atomic mass is 10.2. The van der Waals surface area contributed by atoms with Gasteiger partial charge in [-0.1, -0.05) is 19.8 Å². The Morgan fingerprint density at radius 2 is 2.10 bits per heavy atom. The highest BCUT2D eigenvalue weighted by Crippen LogP contribution is 2.14. The molecule has 1 rings (SSSR count). The Morgan fingerprint density at radius 3 is 2.60 bits per heavy atom. The standard InChI is InChI=1S/C6H12O3Si/c1-2-3-4-5-6-8-10(7)9-6/h6H,2-5H2,1H3. The van der Waals surface area contributed by atoms with Crippen LogP contribution in [0.5, 0.6) is 0 Å². The maximum absolute atomic E-state index is 10.3. The smallest absolute Gasteiger partial charge is 0.461 e. The van der Waals surface area contributed by atoms with E-state index in [1.165, 1.54) is 12.8 Å². The average molecular weight is 160 g/mol. The highest BCUT2D eigenvalue weighted by atomic mass is 28.3. The lowest BCUT2D eigenvalue weighted by molar-refractivity contribution is -0.127. The molecule has 0 aromatic carbocycles. The Labute approximate surface area is 62.2 Å². The molecular weight excluding hydrogens is 148 g/mol. The SMILES string of the molecule is CCCCCC1O[Si](=O)O1. The highest BCUT2D eigenvalue weighted by molar-refractivity contribution is 6.28. The fourth-order valence-corrected chi connectivity index (χ4v) is 1.58. The van der Waals surface area contributed by atoms with Crippen LogP contribution in [-0.2, 0) is 13.3 Å². The predicted molar refractivity (Wildman–Crippen MR) is 36.5 cm³/mol. The third kappa shape index (κ3) is 2.09. The molecule has 0 atom stereocenters. The number of unbranched alkanes of at least 4 members (excludes halogenated alkanes) is 2. The zero-order valence-corrected chi connectivity index (χ0v) is 7.13. The summed E-state index contributed by atoms with van der Waals surface area (Å²) in [4.78, 5) is 0. The number of hydrogen-bond donors (Lipinski definition) is 0. The molecule has 58 valence electrons. The fraction of sp³-hybridized carbons (Fsp3) is 1.00. The Balaban J connectivity index is 1.90. The summed E-state index contributed by atoms with van der Waals surface area (Å²) < 4.78 is 19.9. The van der Waals surface area contributed by atoms with Crippen molar-refractivity contribution in [1.29, 1.82) is 0 Å². The van der Waals surface area contributed by atoms with Crippen LogP contribution >= 0.6 is 0 Å². The molecule has 1 aliphatic heterocycles. The van der Waals surface area contributed by atoms with E-state index in [9.17, 15) is 4.46 Å². The van der Waals surface area contributed by atoms with Gasteiger partial charge < -0.3 is 8.85 Å². The minimum atomic E-state index is -2.03. The molecule has 0 bridgehead atoms. The molecule has 0 aromatic rings. The van der Waals surface area contributed by atoms with Crippen LogP contribution in [0, 0.1) is 0 Å². The van der Waals surface area contributed by atoms with Crippen LogP contribution in [0.3, 0.4) is 0 Å². The zero-order valence-electron chi connectivity index (χ0n) is 6.13. The van der Waals surface area contributed by atoms with Crippen LogP contribution in [0.1, 0.15) is 32.6 Å². The first-order chi connectivity index (χ1) is 4.83. The van der Waals surface area contributed by atoms with E-state index in [2.05, 4.69) is 6.92 Å². The maximum Gasteiger partial charge on any atom is 0.772 e. The van der Waals surface area contributed by atoms with E-state index in [1.807, 2.05) is 0 Å². The van der Waals surface area contributed by atoms with Gasteiger partial charge in [-0.3, -0.25) is 4.46 Å². The largest absolute Gasteiger partial charge is 0.772 e. The topological polar surface area (TPSA) is 35.5 Å². The van der Waals surface area contributed by atoms with Crippen molar-refractivity contribution in [2.75, 3.05) is 0 Å². The molecule has 0 spiro atoms. The van der Waals surface area contributed by atoms with Gasteiger partial charge in [-0.25, -0.2) is 0 Å². The molecule has 0 unspecified atom stereocenters. The van der Waals surface area contributed by atoms with Gasteiger partial charge in [0.05, 0.1) is 0 Å². The molecule has 10 heavy (non-hydrogen) atoms. The molecule has 0 amide bonds. The van der Waals surface area contributed by atoms with Crippen molar-refractivity contribution in [3.63, 3.8) is 0 Å². The minimum Gasteiger partial charge on any atom is -0.461 e. The first kappa shape index (κ1) is 7.72. The van der Waals surface area contributed by atoms with Gasteiger partial charge in [0.25, 0.3) is 0 Å². The fourth-order valence-electron chi connectivity index (χ4n) is 0.902. The Kier molecular flexibility index (Phi) is 2.86. The Hall–Kier alpha value is -0.383. The third-order valence-corrected chi connectivity index (χ3v) is 2.41. The normalized spacial score (nSPS) is 17.5.